The summed E-state index contributed by atoms with van der Waals surface area (Å²) in [7, 11) is 0. The number of aromatic nitrogens is 2. The molecule has 0 radical (unpaired) electrons. The minimum absolute atomic E-state index is 0.179. The van der Waals surface area contributed by atoms with Gasteiger partial charge in [-0.3, -0.25) is 4.68 Å². The Bertz CT molecular complexity index is 535. The third kappa shape index (κ3) is 3.32. The molecular formula is C13H13F3N2S. The average Bonchev–Trinajstić information content (AvgIpc) is 2.80. The van der Waals surface area contributed by atoms with Gasteiger partial charge in [-0.15, -0.1) is 11.8 Å². The SMILES string of the molecule is CCn1ncc(SCc2ccccc2)c1C(F)(F)F. The molecule has 0 atom stereocenters. The number of benzene rings is 1. The quantitative estimate of drug-likeness (QED) is 0.783. The molecule has 0 amide bonds. The molecule has 1 aromatic carbocycles. The van der Waals surface area contributed by atoms with Crippen molar-refractivity contribution in [2.24, 2.45) is 0 Å². The average molecular weight is 286 g/mol. The van der Waals surface area contributed by atoms with Crippen LogP contribution < -0.4 is 0 Å². The molecule has 102 valence electrons. The smallest absolute Gasteiger partial charge is 0.260 e. The van der Waals surface area contributed by atoms with E-state index in [9.17, 15) is 13.2 Å². The second-order valence-corrected chi connectivity index (χ2v) is 4.96. The van der Waals surface area contributed by atoms with Gasteiger partial charge < -0.3 is 0 Å². The monoisotopic (exact) mass is 286 g/mol. The molecule has 0 bridgehead atoms. The summed E-state index contributed by atoms with van der Waals surface area (Å²) in [4.78, 5) is 0.179. The van der Waals surface area contributed by atoms with Gasteiger partial charge in [0.15, 0.2) is 5.69 Å². The molecule has 1 aromatic heterocycles. The molecule has 2 nitrogen and oxygen atoms in total. The van der Waals surface area contributed by atoms with E-state index in [1.807, 2.05) is 30.3 Å². The molecule has 0 unspecified atom stereocenters. The largest absolute Gasteiger partial charge is 0.434 e. The van der Waals surface area contributed by atoms with Gasteiger partial charge in [-0.1, -0.05) is 30.3 Å². The maximum Gasteiger partial charge on any atom is 0.434 e. The normalized spacial score (nSPS) is 11.8. The molecule has 0 fully saturated rings. The molecule has 0 aliphatic rings. The second kappa shape index (κ2) is 5.69. The first-order valence-electron chi connectivity index (χ1n) is 5.82. The van der Waals surface area contributed by atoms with E-state index in [1.54, 1.807) is 6.92 Å². The van der Waals surface area contributed by atoms with E-state index in [0.29, 0.717) is 5.75 Å². The van der Waals surface area contributed by atoms with Crippen LogP contribution in [0.2, 0.25) is 0 Å². The molecule has 0 saturated carbocycles. The van der Waals surface area contributed by atoms with Gasteiger partial charge >= 0.3 is 6.18 Å². The fourth-order valence-corrected chi connectivity index (χ4v) is 2.73. The summed E-state index contributed by atoms with van der Waals surface area (Å²) < 4.78 is 39.9. The Hall–Kier alpha value is -1.43. The zero-order valence-electron chi connectivity index (χ0n) is 10.3. The predicted molar refractivity (Wildman–Crippen MR) is 68.9 cm³/mol. The van der Waals surface area contributed by atoms with E-state index >= 15 is 0 Å². The van der Waals surface area contributed by atoms with Crippen LogP contribution in [0.25, 0.3) is 0 Å². The third-order valence-corrected chi connectivity index (χ3v) is 3.70. The summed E-state index contributed by atoms with van der Waals surface area (Å²) in [6.07, 6.45) is -3.08. The first-order valence-corrected chi connectivity index (χ1v) is 6.80. The van der Waals surface area contributed by atoms with Crippen LogP contribution in [0.3, 0.4) is 0 Å². The third-order valence-electron chi connectivity index (χ3n) is 2.61. The summed E-state index contributed by atoms with van der Waals surface area (Å²) in [6, 6.07) is 9.41. The lowest BCUT2D eigenvalue weighted by Crippen LogP contribution is -2.14. The van der Waals surface area contributed by atoms with Crippen molar-refractivity contribution in [3.8, 4) is 0 Å². The minimum Gasteiger partial charge on any atom is -0.260 e. The van der Waals surface area contributed by atoms with Crippen LogP contribution in [0.15, 0.2) is 41.4 Å². The van der Waals surface area contributed by atoms with Crippen LogP contribution in [0.1, 0.15) is 18.2 Å². The molecule has 2 aromatic rings. The molecule has 0 aliphatic carbocycles. The first-order chi connectivity index (χ1) is 9.02. The van der Waals surface area contributed by atoms with Crippen molar-refractivity contribution in [3.05, 3.63) is 47.8 Å². The summed E-state index contributed by atoms with van der Waals surface area (Å²) in [5.74, 6) is 0.499. The summed E-state index contributed by atoms with van der Waals surface area (Å²) in [5.41, 5.74) is 0.334. The Morgan fingerprint density at radius 2 is 1.89 bits per heavy atom. The summed E-state index contributed by atoms with van der Waals surface area (Å²) in [6.45, 7) is 1.86. The zero-order chi connectivity index (χ0) is 13.9. The van der Waals surface area contributed by atoms with Gasteiger partial charge in [0, 0.05) is 12.3 Å². The number of alkyl halides is 3. The minimum atomic E-state index is -4.37. The van der Waals surface area contributed by atoms with Gasteiger partial charge in [-0.05, 0) is 12.5 Å². The Morgan fingerprint density at radius 3 is 2.47 bits per heavy atom. The Balaban J connectivity index is 2.19. The van der Waals surface area contributed by atoms with Gasteiger partial charge in [-0.25, -0.2) is 0 Å². The van der Waals surface area contributed by atoms with Crippen LogP contribution in [-0.2, 0) is 18.5 Å². The van der Waals surface area contributed by atoms with Crippen LogP contribution >= 0.6 is 11.8 Å². The summed E-state index contributed by atoms with van der Waals surface area (Å²) >= 11 is 1.16. The number of hydrogen-bond acceptors (Lipinski definition) is 2. The van der Waals surface area contributed by atoms with Crippen molar-refractivity contribution in [2.75, 3.05) is 0 Å². The molecule has 0 aliphatic heterocycles. The number of nitrogens with zero attached hydrogens (tertiary/aromatic N) is 2. The number of rotatable bonds is 4. The highest BCUT2D eigenvalue weighted by Crippen LogP contribution is 2.37. The second-order valence-electron chi connectivity index (χ2n) is 3.95. The predicted octanol–water partition coefficient (Wildman–Crippen LogP) is 4.21. The topological polar surface area (TPSA) is 17.8 Å². The standard InChI is InChI=1S/C13H13F3N2S/c1-2-18-12(13(14,15)16)11(8-17-18)19-9-10-6-4-3-5-7-10/h3-8H,2,9H2,1H3. The lowest BCUT2D eigenvalue weighted by Gasteiger charge is -2.11. The van der Waals surface area contributed by atoms with Crippen LogP contribution in [0, 0.1) is 0 Å². The van der Waals surface area contributed by atoms with Crippen molar-refractivity contribution in [1.29, 1.82) is 0 Å². The van der Waals surface area contributed by atoms with Crippen molar-refractivity contribution in [1.82, 2.24) is 9.78 Å². The van der Waals surface area contributed by atoms with E-state index in [-0.39, 0.29) is 11.4 Å². The van der Waals surface area contributed by atoms with E-state index in [1.165, 1.54) is 6.20 Å². The highest BCUT2D eigenvalue weighted by atomic mass is 32.2. The highest BCUT2D eigenvalue weighted by Gasteiger charge is 2.37. The van der Waals surface area contributed by atoms with Crippen LogP contribution in [0.5, 0.6) is 0 Å². The van der Waals surface area contributed by atoms with Crippen LogP contribution in [0.4, 0.5) is 13.2 Å². The van der Waals surface area contributed by atoms with Crippen molar-refractivity contribution in [2.45, 2.75) is 30.3 Å². The molecule has 19 heavy (non-hydrogen) atoms. The molecule has 2 rings (SSSR count). The molecule has 6 heteroatoms. The Kier molecular flexibility index (Phi) is 4.19. The number of hydrogen-bond donors (Lipinski definition) is 0. The van der Waals surface area contributed by atoms with E-state index in [2.05, 4.69) is 5.10 Å². The lowest BCUT2D eigenvalue weighted by atomic mass is 10.2. The van der Waals surface area contributed by atoms with Gasteiger partial charge in [0.25, 0.3) is 0 Å². The maximum absolute atomic E-state index is 13.0. The Morgan fingerprint density at radius 1 is 1.21 bits per heavy atom. The van der Waals surface area contributed by atoms with Crippen LogP contribution in [-0.4, -0.2) is 9.78 Å². The molecule has 0 N–H and O–H groups in total. The Labute approximate surface area is 113 Å². The molecule has 0 spiro atoms. The highest BCUT2D eigenvalue weighted by molar-refractivity contribution is 7.98. The zero-order valence-corrected chi connectivity index (χ0v) is 11.1. The number of halogens is 3. The maximum atomic E-state index is 13.0. The molecule has 1 heterocycles. The van der Waals surface area contributed by atoms with E-state index in [4.69, 9.17) is 0 Å². The number of aryl methyl sites for hydroxylation is 1. The summed E-state index contributed by atoms with van der Waals surface area (Å²) in [5, 5.41) is 3.79. The fourth-order valence-electron chi connectivity index (χ4n) is 1.73. The van der Waals surface area contributed by atoms with Gasteiger partial charge in [0.2, 0.25) is 0 Å². The lowest BCUT2D eigenvalue weighted by molar-refractivity contribution is -0.146. The molecule has 0 saturated heterocycles. The van der Waals surface area contributed by atoms with E-state index in [0.717, 1.165) is 22.0 Å². The fraction of sp³-hybridized carbons (Fsp3) is 0.308. The van der Waals surface area contributed by atoms with Gasteiger partial charge in [0.05, 0.1) is 11.1 Å². The van der Waals surface area contributed by atoms with Crippen molar-refractivity contribution in [3.63, 3.8) is 0 Å². The first kappa shape index (κ1) is 14.0. The van der Waals surface area contributed by atoms with Gasteiger partial charge in [0.1, 0.15) is 0 Å². The van der Waals surface area contributed by atoms with Gasteiger partial charge in [-0.2, -0.15) is 18.3 Å². The molecular weight excluding hydrogens is 273 g/mol. The van der Waals surface area contributed by atoms with Crippen molar-refractivity contribution < 1.29 is 13.2 Å². The number of thioether (sulfide) groups is 1. The van der Waals surface area contributed by atoms with Crippen molar-refractivity contribution >= 4 is 11.8 Å². The van der Waals surface area contributed by atoms with E-state index < -0.39 is 11.9 Å².